The normalized spacial score (nSPS) is 11.3. The number of anilines is 1. The zero-order valence-electron chi connectivity index (χ0n) is 18.4. The molecule has 0 aliphatic heterocycles. The van der Waals surface area contributed by atoms with Crippen molar-refractivity contribution in [3.63, 3.8) is 0 Å². The van der Waals surface area contributed by atoms with Crippen LogP contribution in [0.1, 0.15) is 16.7 Å². The third-order valence-electron chi connectivity index (χ3n) is 4.38. The van der Waals surface area contributed by atoms with E-state index >= 15 is 0 Å². The third-order valence-corrected chi connectivity index (χ3v) is 6.08. The lowest BCUT2D eigenvalue weighted by Crippen LogP contribution is -2.39. The first-order valence-corrected chi connectivity index (χ1v) is 12.2. The number of nitrogens with zero attached hydrogens (tertiary/aromatic N) is 2. The van der Waals surface area contributed by atoms with Crippen molar-refractivity contribution < 1.29 is 22.7 Å². The Hall–Kier alpha value is -2.85. The Morgan fingerprint density at radius 3 is 2.50 bits per heavy atom. The summed E-state index contributed by atoms with van der Waals surface area (Å²) in [6.45, 7) is 7.12. The summed E-state index contributed by atoms with van der Waals surface area (Å²) in [5.74, 6) is 0.421. The van der Waals surface area contributed by atoms with Gasteiger partial charge in [-0.1, -0.05) is 30.9 Å². The van der Waals surface area contributed by atoms with Crippen LogP contribution in [0, 0.1) is 13.8 Å². The number of nitrogens with one attached hydrogen (secondary N) is 1. The minimum Gasteiger partial charge on any atom is -0.493 e. The molecule has 0 bridgehead atoms. The molecule has 10 heteroatoms. The van der Waals surface area contributed by atoms with Gasteiger partial charge in [-0.2, -0.15) is 5.10 Å². The summed E-state index contributed by atoms with van der Waals surface area (Å²) in [4.78, 5) is 12.5. The lowest BCUT2D eigenvalue weighted by Gasteiger charge is -2.25. The highest BCUT2D eigenvalue weighted by molar-refractivity contribution is 9.10. The third kappa shape index (κ3) is 6.57. The Kier molecular flexibility index (Phi) is 8.85. The number of hydrogen-bond acceptors (Lipinski definition) is 6. The predicted molar refractivity (Wildman–Crippen MR) is 130 cm³/mol. The van der Waals surface area contributed by atoms with Crippen molar-refractivity contribution in [3.8, 4) is 11.5 Å². The number of carbonyl (C=O) groups excluding carboxylic acids is 1. The van der Waals surface area contributed by atoms with Crippen LogP contribution in [-0.2, 0) is 14.8 Å². The SMILES string of the molecule is C=CCOc1c(Br)cc(C=NNC(=O)CN(c2c(C)cccc2C)S(C)(=O)=O)cc1OC. The molecule has 0 atom stereocenters. The molecule has 1 amide bonds. The molecule has 2 aromatic carbocycles. The van der Waals surface area contributed by atoms with E-state index in [1.165, 1.54) is 13.3 Å². The fraction of sp³-hybridized carbons (Fsp3) is 0.273. The number of carbonyl (C=O) groups is 1. The number of rotatable bonds is 10. The van der Waals surface area contributed by atoms with Crippen LogP contribution in [0.15, 0.2) is 52.6 Å². The molecule has 8 nitrogen and oxygen atoms in total. The van der Waals surface area contributed by atoms with E-state index in [9.17, 15) is 13.2 Å². The number of benzene rings is 2. The Bertz CT molecular complexity index is 1110. The number of ether oxygens (including phenoxy) is 2. The minimum absolute atomic E-state index is 0.315. The molecular formula is C22H26BrN3O5S. The molecule has 172 valence electrons. The quantitative estimate of drug-likeness (QED) is 0.291. The highest BCUT2D eigenvalue weighted by atomic mass is 79.9. The fourth-order valence-corrected chi connectivity index (χ4v) is 4.55. The van der Waals surface area contributed by atoms with Crippen LogP contribution in [0.5, 0.6) is 11.5 Å². The van der Waals surface area contributed by atoms with E-state index in [0.29, 0.717) is 33.8 Å². The zero-order valence-corrected chi connectivity index (χ0v) is 20.8. The summed E-state index contributed by atoms with van der Waals surface area (Å²) in [6, 6.07) is 8.86. The topological polar surface area (TPSA) is 97.3 Å². The van der Waals surface area contributed by atoms with E-state index in [-0.39, 0.29) is 0 Å². The average Bonchev–Trinajstić information content (AvgIpc) is 2.71. The summed E-state index contributed by atoms with van der Waals surface area (Å²) in [6.07, 6.45) is 4.11. The maximum absolute atomic E-state index is 12.5. The van der Waals surface area contributed by atoms with Gasteiger partial charge < -0.3 is 9.47 Å². The van der Waals surface area contributed by atoms with Crippen molar-refractivity contribution in [1.29, 1.82) is 0 Å². The van der Waals surface area contributed by atoms with Crippen molar-refractivity contribution in [1.82, 2.24) is 5.43 Å². The van der Waals surface area contributed by atoms with Crippen LogP contribution in [0.4, 0.5) is 5.69 Å². The minimum atomic E-state index is -3.69. The predicted octanol–water partition coefficient (Wildman–Crippen LogP) is 3.56. The lowest BCUT2D eigenvalue weighted by molar-refractivity contribution is -0.119. The second kappa shape index (κ2) is 11.1. The number of sulfonamides is 1. The Morgan fingerprint density at radius 1 is 1.28 bits per heavy atom. The summed E-state index contributed by atoms with van der Waals surface area (Å²) in [7, 11) is -2.17. The Morgan fingerprint density at radius 2 is 1.94 bits per heavy atom. The molecule has 0 aliphatic rings. The standard InChI is InChI=1S/C22H26BrN3O5S/c1-6-10-31-22-18(23)11-17(12-19(22)30-4)13-24-25-20(27)14-26(32(5,28)29)21-15(2)8-7-9-16(21)3/h6-9,11-13H,1,10,14H2,2-5H3,(H,25,27). The summed E-state index contributed by atoms with van der Waals surface area (Å²) in [5, 5.41) is 3.94. The van der Waals surface area contributed by atoms with Crippen molar-refractivity contribution in [3.05, 3.63) is 64.1 Å². The van der Waals surface area contributed by atoms with Crippen LogP contribution in [0.3, 0.4) is 0 Å². The molecule has 1 N–H and O–H groups in total. The maximum Gasteiger partial charge on any atom is 0.260 e. The zero-order chi connectivity index (χ0) is 23.9. The monoisotopic (exact) mass is 523 g/mol. The summed E-state index contributed by atoms with van der Waals surface area (Å²) >= 11 is 3.42. The highest BCUT2D eigenvalue weighted by Crippen LogP contribution is 2.36. The van der Waals surface area contributed by atoms with Crippen molar-refractivity contribution in [2.24, 2.45) is 5.10 Å². The van der Waals surface area contributed by atoms with E-state index in [1.807, 2.05) is 6.07 Å². The van der Waals surface area contributed by atoms with Crippen LogP contribution >= 0.6 is 15.9 Å². The van der Waals surface area contributed by atoms with Gasteiger partial charge in [0.1, 0.15) is 13.2 Å². The molecule has 0 spiro atoms. The van der Waals surface area contributed by atoms with Gasteiger partial charge in [0.25, 0.3) is 5.91 Å². The average molecular weight is 524 g/mol. The molecule has 0 saturated carbocycles. The molecule has 32 heavy (non-hydrogen) atoms. The van der Waals surface area contributed by atoms with Crippen LogP contribution < -0.4 is 19.2 Å². The molecule has 2 rings (SSSR count). The summed E-state index contributed by atoms with van der Waals surface area (Å²) < 4.78 is 37.3. The van der Waals surface area contributed by atoms with Crippen LogP contribution in [-0.4, -0.2) is 47.1 Å². The van der Waals surface area contributed by atoms with Gasteiger partial charge in [-0.25, -0.2) is 13.8 Å². The molecule has 0 fully saturated rings. The Balaban J connectivity index is 2.17. The van der Waals surface area contributed by atoms with Gasteiger partial charge in [0.15, 0.2) is 11.5 Å². The number of amides is 1. The van der Waals surface area contributed by atoms with Gasteiger partial charge in [0, 0.05) is 0 Å². The molecule has 0 aliphatic carbocycles. The first-order chi connectivity index (χ1) is 15.1. The number of halogens is 1. The molecule has 2 aromatic rings. The number of para-hydroxylation sites is 1. The van der Waals surface area contributed by atoms with Gasteiger partial charge in [0.2, 0.25) is 10.0 Å². The molecular weight excluding hydrogens is 498 g/mol. The first kappa shape index (κ1) is 25.4. The van der Waals surface area contributed by atoms with E-state index in [0.717, 1.165) is 21.7 Å². The van der Waals surface area contributed by atoms with Crippen molar-refractivity contribution >= 4 is 43.8 Å². The first-order valence-electron chi connectivity index (χ1n) is 9.55. The van der Waals surface area contributed by atoms with Crippen LogP contribution in [0.2, 0.25) is 0 Å². The largest absolute Gasteiger partial charge is 0.493 e. The second-order valence-electron chi connectivity index (χ2n) is 6.94. The number of hydrogen-bond donors (Lipinski definition) is 1. The van der Waals surface area contributed by atoms with E-state index in [2.05, 4.69) is 33.0 Å². The van der Waals surface area contributed by atoms with Crippen LogP contribution in [0.25, 0.3) is 0 Å². The van der Waals surface area contributed by atoms with Gasteiger partial charge >= 0.3 is 0 Å². The molecule has 0 aromatic heterocycles. The number of hydrazone groups is 1. The smallest absolute Gasteiger partial charge is 0.260 e. The number of methoxy groups -OCH3 is 1. The van der Waals surface area contributed by atoms with Gasteiger partial charge in [-0.05, 0) is 58.6 Å². The molecule has 0 heterocycles. The number of aryl methyl sites for hydroxylation is 2. The summed E-state index contributed by atoms with van der Waals surface area (Å²) in [5.41, 5.74) is 4.99. The molecule has 0 saturated heterocycles. The lowest BCUT2D eigenvalue weighted by atomic mass is 10.1. The van der Waals surface area contributed by atoms with E-state index in [1.54, 1.807) is 44.2 Å². The van der Waals surface area contributed by atoms with Gasteiger partial charge in [0.05, 0.1) is 29.7 Å². The fourth-order valence-electron chi connectivity index (χ4n) is 3.00. The van der Waals surface area contributed by atoms with Crippen molar-refractivity contribution in [2.75, 3.05) is 30.8 Å². The van der Waals surface area contributed by atoms with E-state index < -0.39 is 22.5 Å². The van der Waals surface area contributed by atoms with Gasteiger partial charge in [-0.3, -0.25) is 9.10 Å². The highest BCUT2D eigenvalue weighted by Gasteiger charge is 2.23. The Labute approximate surface area is 197 Å². The van der Waals surface area contributed by atoms with Crippen molar-refractivity contribution in [2.45, 2.75) is 13.8 Å². The maximum atomic E-state index is 12.5. The molecule has 0 radical (unpaired) electrons. The van der Waals surface area contributed by atoms with Gasteiger partial charge in [-0.15, -0.1) is 0 Å². The van der Waals surface area contributed by atoms with E-state index in [4.69, 9.17) is 9.47 Å². The molecule has 0 unspecified atom stereocenters. The second-order valence-corrected chi connectivity index (χ2v) is 9.70.